The van der Waals surface area contributed by atoms with Crippen molar-refractivity contribution < 1.29 is 4.74 Å². The Morgan fingerprint density at radius 2 is 1.85 bits per heavy atom. The van der Waals surface area contributed by atoms with Gasteiger partial charge in [0.25, 0.3) is 0 Å². The highest BCUT2D eigenvalue weighted by Gasteiger charge is 2.19. The van der Waals surface area contributed by atoms with Crippen molar-refractivity contribution in [1.82, 2.24) is 0 Å². The number of methoxy groups -OCH3 is 1. The van der Waals surface area contributed by atoms with Gasteiger partial charge in [0.05, 0.1) is 7.11 Å². The van der Waals surface area contributed by atoms with Gasteiger partial charge in [0.2, 0.25) is 0 Å². The molecule has 1 aromatic carbocycles. The molecule has 0 fully saturated rings. The molecular weight excluding hydrogens is 160 g/mol. The first-order valence-electron chi connectivity index (χ1n) is 5.03. The van der Waals surface area contributed by atoms with Crippen LogP contribution in [0, 0.1) is 0 Å². The van der Waals surface area contributed by atoms with E-state index in [-0.39, 0.29) is 0 Å². The second-order valence-corrected chi connectivity index (χ2v) is 2.96. The van der Waals surface area contributed by atoms with Crippen LogP contribution in [0.2, 0.25) is 0 Å². The fourth-order valence-corrected chi connectivity index (χ4v) is 1.45. The monoisotopic (exact) mass is 178 g/mol. The van der Waals surface area contributed by atoms with Gasteiger partial charge >= 0.3 is 0 Å². The summed E-state index contributed by atoms with van der Waals surface area (Å²) in [4.78, 5) is 0. The van der Waals surface area contributed by atoms with Crippen LogP contribution >= 0.6 is 0 Å². The Morgan fingerprint density at radius 1 is 1.23 bits per heavy atom. The first-order valence-corrected chi connectivity index (χ1v) is 5.03. The molecule has 0 atom stereocenters. The second-order valence-electron chi connectivity index (χ2n) is 2.96. The zero-order chi connectivity index (χ0) is 9.84. The predicted octanol–water partition coefficient (Wildman–Crippen LogP) is 3.19. The van der Waals surface area contributed by atoms with E-state index >= 15 is 0 Å². The van der Waals surface area contributed by atoms with Gasteiger partial charge < -0.3 is 4.74 Å². The molecule has 0 N–H and O–H groups in total. The molecule has 2 rings (SSSR count). The van der Waals surface area contributed by atoms with E-state index in [4.69, 9.17) is 4.74 Å². The maximum atomic E-state index is 5.25. The molecule has 0 spiro atoms. The fourth-order valence-electron chi connectivity index (χ4n) is 1.45. The number of benzene rings is 1. The first-order chi connectivity index (χ1) is 6.35. The average Bonchev–Trinajstić information content (AvgIpc) is 2.96. The molecule has 0 radical (unpaired) electrons. The minimum absolute atomic E-state index is 1.06. The summed E-state index contributed by atoms with van der Waals surface area (Å²) in [6.45, 7) is 6.16. The van der Waals surface area contributed by atoms with Crippen LogP contribution in [0.3, 0.4) is 0 Å². The van der Waals surface area contributed by atoms with Crippen LogP contribution in [0.4, 0.5) is 0 Å². The molecule has 1 aromatic rings. The Bertz CT molecular complexity index is 260. The Balaban J connectivity index is 0.000000396. The Labute approximate surface area is 80.7 Å². The van der Waals surface area contributed by atoms with Gasteiger partial charge in [0.1, 0.15) is 5.75 Å². The SMILES string of the molecule is CC.CCc1cc2c(cc1OC)C2. The zero-order valence-electron chi connectivity index (χ0n) is 8.98. The van der Waals surface area contributed by atoms with E-state index in [1.54, 1.807) is 7.11 Å². The van der Waals surface area contributed by atoms with E-state index in [0.29, 0.717) is 0 Å². The first kappa shape index (κ1) is 10.1. The highest BCUT2D eigenvalue weighted by molar-refractivity contribution is 5.53. The molecule has 1 aliphatic rings. The van der Waals surface area contributed by atoms with Crippen molar-refractivity contribution in [2.24, 2.45) is 0 Å². The maximum absolute atomic E-state index is 5.25. The van der Waals surface area contributed by atoms with Crippen LogP contribution < -0.4 is 4.74 Å². The minimum Gasteiger partial charge on any atom is -0.496 e. The molecule has 0 saturated carbocycles. The third kappa shape index (κ3) is 2.03. The van der Waals surface area contributed by atoms with E-state index in [2.05, 4.69) is 19.1 Å². The van der Waals surface area contributed by atoms with Gasteiger partial charge in [0, 0.05) is 0 Å². The molecule has 0 amide bonds. The molecule has 72 valence electrons. The molecular formula is C12H18O. The summed E-state index contributed by atoms with van der Waals surface area (Å²) in [5.74, 6) is 1.06. The van der Waals surface area contributed by atoms with Crippen molar-refractivity contribution in [3.63, 3.8) is 0 Å². The minimum atomic E-state index is 1.06. The average molecular weight is 178 g/mol. The number of aryl methyl sites for hydroxylation is 1. The van der Waals surface area contributed by atoms with Crippen LogP contribution in [0.1, 0.15) is 37.5 Å². The number of hydrogen-bond donors (Lipinski definition) is 0. The highest BCUT2D eigenvalue weighted by atomic mass is 16.5. The standard InChI is InChI=1S/C10H12O.C2H6/c1-3-7-4-8-5-9(8)6-10(7)11-2;1-2/h4,6H,3,5H2,1-2H3;1-2H3. The van der Waals surface area contributed by atoms with Gasteiger partial charge in [0.15, 0.2) is 0 Å². The van der Waals surface area contributed by atoms with E-state index in [0.717, 1.165) is 12.2 Å². The van der Waals surface area contributed by atoms with Crippen molar-refractivity contribution in [3.8, 4) is 5.75 Å². The zero-order valence-corrected chi connectivity index (χ0v) is 8.98. The van der Waals surface area contributed by atoms with Crippen molar-refractivity contribution in [1.29, 1.82) is 0 Å². The lowest BCUT2D eigenvalue weighted by atomic mass is 10.1. The summed E-state index contributed by atoms with van der Waals surface area (Å²) in [5.41, 5.74) is 4.30. The molecule has 13 heavy (non-hydrogen) atoms. The quantitative estimate of drug-likeness (QED) is 0.686. The second kappa shape index (κ2) is 4.31. The van der Waals surface area contributed by atoms with Crippen molar-refractivity contribution in [3.05, 3.63) is 28.8 Å². The number of hydrogen-bond acceptors (Lipinski definition) is 1. The summed E-state index contributed by atoms with van der Waals surface area (Å²) in [5, 5.41) is 0. The van der Waals surface area contributed by atoms with Crippen LogP contribution in [0.25, 0.3) is 0 Å². The van der Waals surface area contributed by atoms with Crippen molar-refractivity contribution in [2.75, 3.05) is 7.11 Å². The Hall–Kier alpha value is -0.980. The molecule has 1 nitrogen and oxygen atoms in total. The molecule has 0 aromatic heterocycles. The van der Waals surface area contributed by atoms with Crippen molar-refractivity contribution in [2.45, 2.75) is 33.6 Å². The number of ether oxygens (including phenoxy) is 1. The molecule has 1 aliphatic carbocycles. The van der Waals surface area contributed by atoms with Gasteiger partial charge in [-0.05, 0) is 35.6 Å². The summed E-state index contributed by atoms with van der Waals surface area (Å²) in [7, 11) is 1.74. The molecule has 0 bridgehead atoms. The largest absolute Gasteiger partial charge is 0.496 e. The number of fused-ring (bicyclic) bond motifs is 1. The van der Waals surface area contributed by atoms with E-state index in [1.165, 1.54) is 23.1 Å². The predicted molar refractivity (Wildman–Crippen MR) is 56.5 cm³/mol. The molecule has 1 heteroatoms. The fraction of sp³-hybridized carbons (Fsp3) is 0.500. The van der Waals surface area contributed by atoms with Gasteiger partial charge in [-0.2, -0.15) is 0 Å². The van der Waals surface area contributed by atoms with Crippen molar-refractivity contribution >= 4 is 0 Å². The third-order valence-electron chi connectivity index (χ3n) is 2.24. The molecule has 0 unspecified atom stereocenters. The van der Waals surface area contributed by atoms with E-state index < -0.39 is 0 Å². The molecule has 0 heterocycles. The van der Waals surface area contributed by atoms with Gasteiger partial charge in [-0.3, -0.25) is 0 Å². The topological polar surface area (TPSA) is 9.23 Å². The Morgan fingerprint density at radius 3 is 2.38 bits per heavy atom. The van der Waals surface area contributed by atoms with Gasteiger partial charge in [-0.15, -0.1) is 0 Å². The maximum Gasteiger partial charge on any atom is 0.122 e. The molecule has 0 aliphatic heterocycles. The number of rotatable bonds is 2. The third-order valence-corrected chi connectivity index (χ3v) is 2.24. The van der Waals surface area contributed by atoms with Gasteiger partial charge in [-0.1, -0.05) is 26.8 Å². The normalized spacial score (nSPS) is 11.1. The van der Waals surface area contributed by atoms with Crippen LogP contribution in [0.15, 0.2) is 12.1 Å². The summed E-state index contributed by atoms with van der Waals surface area (Å²) < 4.78 is 5.25. The summed E-state index contributed by atoms with van der Waals surface area (Å²) in [6, 6.07) is 4.42. The Kier molecular flexibility index (Phi) is 3.35. The van der Waals surface area contributed by atoms with Crippen LogP contribution in [0.5, 0.6) is 5.75 Å². The summed E-state index contributed by atoms with van der Waals surface area (Å²) in [6.07, 6.45) is 2.24. The highest BCUT2D eigenvalue weighted by Crippen LogP contribution is 2.34. The lowest BCUT2D eigenvalue weighted by Gasteiger charge is -2.03. The lowest BCUT2D eigenvalue weighted by molar-refractivity contribution is 0.410. The van der Waals surface area contributed by atoms with E-state index in [1.807, 2.05) is 13.8 Å². The molecule has 0 saturated heterocycles. The van der Waals surface area contributed by atoms with Gasteiger partial charge in [-0.25, -0.2) is 0 Å². The lowest BCUT2D eigenvalue weighted by Crippen LogP contribution is -1.88. The van der Waals surface area contributed by atoms with Crippen LogP contribution in [-0.2, 0) is 12.8 Å². The summed E-state index contributed by atoms with van der Waals surface area (Å²) >= 11 is 0. The van der Waals surface area contributed by atoms with E-state index in [9.17, 15) is 0 Å². The smallest absolute Gasteiger partial charge is 0.122 e. The van der Waals surface area contributed by atoms with Crippen LogP contribution in [-0.4, -0.2) is 7.11 Å².